The van der Waals surface area contributed by atoms with Gasteiger partial charge in [-0.1, -0.05) is 39.7 Å². The number of fused-ring (bicyclic) bond motifs is 3. The average Bonchev–Trinajstić information content (AvgIpc) is 2.28. The number of nitrogens with zero attached hydrogens (tertiary/aromatic N) is 2. The molecule has 0 aliphatic rings. The van der Waals surface area contributed by atoms with Crippen molar-refractivity contribution in [2.75, 3.05) is 0 Å². The molecule has 3 rings (SSSR count). The second-order valence-electron chi connectivity index (χ2n) is 3.48. The maximum atomic E-state index is 5.91. The van der Waals surface area contributed by atoms with Gasteiger partial charge in [0, 0.05) is 27.6 Å². The summed E-state index contributed by atoms with van der Waals surface area (Å²) in [6.07, 6.45) is 3.41. The van der Waals surface area contributed by atoms with Crippen LogP contribution >= 0.6 is 27.5 Å². The highest BCUT2D eigenvalue weighted by Crippen LogP contribution is 2.28. The SMILES string of the molecule is Clc1cnc2c(ccc3c(Br)ccnc32)c1. The Morgan fingerprint density at radius 2 is 1.94 bits per heavy atom. The monoisotopic (exact) mass is 292 g/mol. The molecule has 0 bridgehead atoms. The van der Waals surface area contributed by atoms with Crippen LogP contribution in [0.3, 0.4) is 0 Å². The van der Waals surface area contributed by atoms with Crippen molar-refractivity contribution in [3.05, 3.63) is 46.2 Å². The molecule has 0 atom stereocenters. The molecule has 0 radical (unpaired) electrons. The molecule has 0 aliphatic carbocycles. The molecule has 0 saturated heterocycles. The summed E-state index contributed by atoms with van der Waals surface area (Å²) in [6.45, 7) is 0. The number of rotatable bonds is 0. The number of hydrogen-bond donors (Lipinski definition) is 0. The molecule has 1 aromatic carbocycles. The van der Waals surface area contributed by atoms with Crippen LogP contribution in [0.25, 0.3) is 21.8 Å². The van der Waals surface area contributed by atoms with Gasteiger partial charge >= 0.3 is 0 Å². The fourth-order valence-corrected chi connectivity index (χ4v) is 2.35. The maximum absolute atomic E-state index is 5.91. The molecule has 2 nitrogen and oxygen atoms in total. The smallest absolute Gasteiger partial charge is 0.0975 e. The lowest BCUT2D eigenvalue weighted by molar-refractivity contribution is 1.37. The first-order chi connectivity index (χ1) is 7.75. The van der Waals surface area contributed by atoms with Gasteiger partial charge in [0.2, 0.25) is 0 Å². The van der Waals surface area contributed by atoms with E-state index in [0.717, 1.165) is 26.3 Å². The van der Waals surface area contributed by atoms with E-state index in [0.29, 0.717) is 5.02 Å². The van der Waals surface area contributed by atoms with Gasteiger partial charge in [-0.15, -0.1) is 0 Å². The van der Waals surface area contributed by atoms with E-state index in [4.69, 9.17) is 11.6 Å². The molecule has 3 aromatic rings. The predicted octanol–water partition coefficient (Wildman–Crippen LogP) is 4.20. The second kappa shape index (κ2) is 3.68. The highest BCUT2D eigenvalue weighted by molar-refractivity contribution is 9.10. The molecule has 2 heterocycles. The predicted molar refractivity (Wildman–Crippen MR) is 69.8 cm³/mol. The fourth-order valence-electron chi connectivity index (χ4n) is 1.75. The second-order valence-corrected chi connectivity index (χ2v) is 4.77. The van der Waals surface area contributed by atoms with Gasteiger partial charge in [-0.05, 0) is 12.1 Å². The Balaban J connectivity index is 2.55. The summed E-state index contributed by atoms with van der Waals surface area (Å²) in [5, 5.41) is 2.71. The van der Waals surface area contributed by atoms with Gasteiger partial charge in [0.25, 0.3) is 0 Å². The Hall–Kier alpha value is -1.19. The van der Waals surface area contributed by atoms with Gasteiger partial charge in [0.05, 0.1) is 16.1 Å². The summed E-state index contributed by atoms with van der Waals surface area (Å²) < 4.78 is 1.02. The van der Waals surface area contributed by atoms with Crippen LogP contribution in [0.1, 0.15) is 0 Å². The van der Waals surface area contributed by atoms with Crippen LogP contribution in [-0.2, 0) is 0 Å². The molecule has 0 unspecified atom stereocenters. The number of benzene rings is 1. The van der Waals surface area contributed by atoms with Crippen LogP contribution in [0.2, 0.25) is 5.02 Å². The van der Waals surface area contributed by atoms with E-state index in [1.807, 2.05) is 24.3 Å². The summed E-state index contributed by atoms with van der Waals surface area (Å²) in [7, 11) is 0. The molecule has 0 N–H and O–H groups in total. The topological polar surface area (TPSA) is 25.8 Å². The van der Waals surface area contributed by atoms with Gasteiger partial charge in [-0.3, -0.25) is 9.97 Å². The van der Waals surface area contributed by atoms with E-state index in [2.05, 4.69) is 25.9 Å². The van der Waals surface area contributed by atoms with Crippen LogP contribution in [0.5, 0.6) is 0 Å². The highest BCUT2D eigenvalue weighted by Gasteiger charge is 2.05. The Morgan fingerprint density at radius 3 is 2.81 bits per heavy atom. The van der Waals surface area contributed by atoms with Crippen molar-refractivity contribution >= 4 is 49.3 Å². The van der Waals surface area contributed by atoms with Crippen molar-refractivity contribution in [3.8, 4) is 0 Å². The van der Waals surface area contributed by atoms with E-state index >= 15 is 0 Å². The largest absolute Gasteiger partial charge is 0.254 e. The van der Waals surface area contributed by atoms with Crippen LogP contribution in [0, 0.1) is 0 Å². The van der Waals surface area contributed by atoms with E-state index in [1.54, 1.807) is 12.4 Å². The first-order valence-corrected chi connectivity index (χ1v) is 5.91. The number of halogens is 2. The fraction of sp³-hybridized carbons (Fsp3) is 0. The average molecular weight is 294 g/mol. The third kappa shape index (κ3) is 1.47. The molecule has 16 heavy (non-hydrogen) atoms. The van der Waals surface area contributed by atoms with E-state index < -0.39 is 0 Å². The minimum atomic E-state index is 0.641. The summed E-state index contributed by atoms with van der Waals surface area (Å²) in [5.41, 5.74) is 1.77. The summed E-state index contributed by atoms with van der Waals surface area (Å²) >= 11 is 9.41. The molecule has 0 fully saturated rings. The summed E-state index contributed by atoms with van der Waals surface area (Å²) in [6, 6.07) is 7.84. The van der Waals surface area contributed by atoms with Crippen LogP contribution in [0.4, 0.5) is 0 Å². The van der Waals surface area contributed by atoms with Crippen LogP contribution < -0.4 is 0 Å². The standard InChI is InChI=1S/C12H6BrClN2/c13-10-3-4-15-12-9(10)2-1-7-5-8(14)6-16-11(7)12/h1-6H. The lowest BCUT2D eigenvalue weighted by Crippen LogP contribution is -1.85. The molecule has 2 aromatic heterocycles. The highest BCUT2D eigenvalue weighted by atomic mass is 79.9. The van der Waals surface area contributed by atoms with Gasteiger partial charge in [-0.2, -0.15) is 0 Å². The minimum absolute atomic E-state index is 0.641. The number of hydrogen-bond acceptors (Lipinski definition) is 2. The van der Waals surface area contributed by atoms with Crippen LogP contribution in [0.15, 0.2) is 41.1 Å². The van der Waals surface area contributed by atoms with Crippen molar-refractivity contribution in [1.29, 1.82) is 0 Å². The van der Waals surface area contributed by atoms with Crippen molar-refractivity contribution < 1.29 is 0 Å². The first-order valence-electron chi connectivity index (χ1n) is 4.74. The molecule has 0 amide bonds. The van der Waals surface area contributed by atoms with Gasteiger partial charge in [0.15, 0.2) is 0 Å². The lowest BCUT2D eigenvalue weighted by Gasteiger charge is -2.03. The Kier molecular flexibility index (Phi) is 2.30. The number of pyridine rings is 2. The van der Waals surface area contributed by atoms with Crippen molar-refractivity contribution in [1.82, 2.24) is 9.97 Å². The number of aromatic nitrogens is 2. The van der Waals surface area contributed by atoms with Gasteiger partial charge in [0.1, 0.15) is 0 Å². The summed E-state index contributed by atoms with van der Waals surface area (Å²) in [5.74, 6) is 0. The molecule has 0 aliphatic heterocycles. The van der Waals surface area contributed by atoms with Crippen molar-refractivity contribution in [3.63, 3.8) is 0 Å². The molecule has 0 saturated carbocycles. The van der Waals surface area contributed by atoms with Gasteiger partial charge < -0.3 is 0 Å². The zero-order chi connectivity index (χ0) is 11.1. The molecular formula is C12H6BrClN2. The third-order valence-corrected chi connectivity index (χ3v) is 3.37. The maximum Gasteiger partial charge on any atom is 0.0975 e. The lowest BCUT2D eigenvalue weighted by atomic mass is 10.1. The Labute approximate surface area is 105 Å². The first kappa shape index (κ1) is 10.00. The van der Waals surface area contributed by atoms with Gasteiger partial charge in [-0.25, -0.2) is 0 Å². The molecule has 78 valence electrons. The quantitative estimate of drug-likeness (QED) is 0.581. The molecule has 4 heteroatoms. The third-order valence-electron chi connectivity index (χ3n) is 2.47. The normalized spacial score (nSPS) is 11.1. The van der Waals surface area contributed by atoms with Crippen LogP contribution in [-0.4, -0.2) is 9.97 Å². The zero-order valence-corrected chi connectivity index (χ0v) is 10.5. The van der Waals surface area contributed by atoms with Crippen molar-refractivity contribution in [2.24, 2.45) is 0 Å². The molecule has 0 spiro atoms. The molecular weight excluding hydrogens is 288 g/mol. The van der Waals surface area contributed by atoms with E-state index in [1.165, 1.54) is 0 Å². The summed E-state index contributed by atoms with van der Waals surface area (Å²) in [4.78, 5) is 8.70. The van der Waals surface area contributed by atoms with E-state index in [-0.39, 0.29) is 0 Å². The minimum Gasteiger partial charge on any atom is -0.254 e. The van der Waals surface area contributed by atoms with E-state index in [9.17, 15) is 0 Å². The Bertz CT molecular complexity index is 697. The Morgan fingerprint density at radius 1 is 1.06 bits per heavy atom. The van der Waals surface area contributed by atoms with Crippen molar-refractivity contribution in [2.45, 2.75) is 0 Å². The zero-order valence-electron chi connectivity index (χ0n) is 8.11.